The van der Waals surface area contributed by atoms with Crippen molar-refractivity contribution in [3.8, 4) is 0 Å². The van der Waals surface area contributed by atoms with E-state index < -0.39 is 0 Å². The van der Waals surface area contributed by atoms with Crippen LogP contribution in [0, 0.1) is 0 Å². The number of nitrogens with one attached hydrogen (secondary N) is 1. The zero-order chi connectivity index (χ0) is 16.1. The Balaban J connectivity index is 0.000000713. The molecule has 21 heavy (non-hydrogen) atoms. The van der Waals surface area contributed by atoms with Crippen molar-refractivity contribution in [1.29, 1.82) is 0 Å². The van der Waals surface area contributed by atoms with Crippen molar-refractivity contribution in [3.63, 3.8) is 0 Å². The molecule has 0 aliphatic rings. The van der Waals surface area contributed by atoms with Gasteiger partial charge in [-0.2, -0.15) is 0 Å². The second-order valence-electron chi connectivity index (χ2n) is 3.67. The van der Waals surface area contributed by atoms with Gasteiger partial charge in [0.15, 0.2) is 0 Å². The lowest BCUT2D eigenvalue weighted by molar-refractivity contribution is -0.106. The Labute approximate surface area is 125 Å². The minimum Gasteiger partial charge on any atom is -0.388 e. The van der Waals surface area contributed by atoms with Crippen molar-refractivity contribution >= 4 is 23.0 Å². The highest BCUT2D eigenvalue weighted by Gasteiger charge is 2.05. The van der Waals surface area contributed by atoms with E-state index in [1.165, 1.54) is 0 Å². The molecule has 3 N–H and O–H groups in total. The number of carbonyl (C=O) groups excluding carboxylic acids is 1. The first-order chi connectivity index (χ1) is 10.3. The van der Waals surface area contributed by atoms with Crippen molar-refractivity contribution in [2.45, 2.75) is 20.4 Å². The van der Waals surface area contributed by atoms with Crippen molar-refractivity contribution < 1.29 is 9.53 Å². The smallest absolute Gasteiger partial charge is 0.144 e. The van der Waals surface area contributed by atoms with Crippen molar-refractivity contribution in [1.82, 2.24) is 9.97 Å². The lowest BCUT2D eigenvalue weighted by Crippen LogP contribution is -2.09. The molecule has 0 radical (unpaired) electrons. The SMILES string of the molecule is CC.COC.NCc1nc(NCC=O)c2ccccc2n1. The van der Waals surface area contributed by atoms with Gasteiger partial charge >= 0.3 is 0 Å². The average Bonchev–Trinajstić information content (AvgIpc) is 2.55. The van der Waals surface area contributed by atoms with Crippen LogP contribution in [0.5, 0.6) is 0 Å². The summed E-state index contributed by atoms with van der Waals surface area (Å²) in [6, 6.07) is 7.60. The molecule has 2 aromatic rings. The minimum atomic E-state index is 0.227. The summed E-state index contributed by atoms with van der Waals surface area (Å²) in [7, 11) is 3.25. The van der Waals surface area contributed by atoms with Gasteiger partial charge in [-0.05, 0) is 12.1 Å². The molecule has 1 heterocycles. The van der Waals surface area contributed by atoms with Crippen LogP contribution in [0.15, 0.2) is 24.3 Å². The number of anilines is 1. The monoisotopic (exact) mass is 292 g/mol. The van der Waals surface area contributed by atoms with E-state index in [1.54, 1.807) is 14.2 Å². The molecule has 1 aromatic carbocycles. The third-order valence-corrected chi connectivity index (χ3v) is 2.18. The van der Waals surface area contributed by atoms with Gasteiger partial charge in [0.1, 0.15) is 17.9 Å². The zero-order valence-corrected chi connectivity index (χ0v) is 13.1. The molecule has 6 heteroatoms. The standard InChI is InChI=1S/C11H12N4O.C2H6O.C2H6/c12-7-10-14-9-4-2-1-3-8(9)11(15-10)13-5-6-16;1-3-2;1-2/h1-4,6H,5,7,12H2,(H,13,14,15);1-2H3;1-2H3. The Hall–Kier alpha value is -2.05. The van der Waals surface area contributed by atoms with Crippen LogP contribution in [-0.2, 0) is 16.1 Å². The Morgan fingerprint density at radius 3 is 2.43 bits per heavy atom. The Kier molecular flexibility index (Phi) is 10.6. The van der Waals surface area contributed by atoms with Gasteiger partial charge in [-0.3, -0.25) is 0 Å². The maximum atomic E-state index is 10.3. The number of hydrogen-bond donors (Lipinski definition) is 2. The molecule has 0 aliphatic carbocycles. The summed E-state index contributed by atoms with van der Waals surface area (Å²) in [5, 5.41) is 3.83. The molecule has 6 nitrogen and oxygen atoms in total. The predicted octanol–water partition coefficient (Wildman–Crippen LogP) is 1.99. The van der Waals surface area contributed by atoms with Crippen molar-refractivity contribution in [2.24, 2.45) is 5.73 Å². The van der Waals surface area contributed by atoms with Crippen LogP contribution < -0.4 is 11.1 Å². The van der Waals surface area contributed by atoms with E-state index in [-0.39, 0.29) is 13.1 Å². The third-order valence-electron chi connectivity index (χ3n) is 2.18. The summed E-state index contributed by atoms with van der Waals surface area (Å²) in [6.45, 7) is 4.51. The lowest BCUT2D eigenvalue weighted by atomic mass is 10.2. The fraction of sp³-hybridized carbons (Fsp3) is 0.400. The van der Waals surface area contributed by atoms with Gasteiger partial charge in [0, 0.05) is 19.6 Å². The molecule has 0 saturated carbocycles. The molecule has 116 valence electrons. The Bertz CT molecular complexity index is 532. The number of nitrogens with zero attached hydrogens (tertiary/aromatic N) is 2. The van der Waals surface area contributed by atoms with E-state index in [0.717, 1.165) is 17.2 Å². The Morgan fingerprint density at radius 1 is 1.24 bits per heavy atom. The molecule has 1 aromatic heterocycles. The topological polar surface area (TPSA) is 90.1 Å². The quantitative estimate of drug-likeness (QED) is 0.838. The molecule has 2 rings (SSSR count). The molecule has 0 spiro atoms. The van der Waals surface area contributed by atoms with Crippen LogP contribution in [0.1, 0.15) is 19.7 Å². The molecular weight excluding hydrogens is 268 g/mol. The van der Waals surface area contributed by atoms with Gasteiger partial charge in [-0.1, -0.05) is 26.0 Å². The molecule has 0 saturated heterocycles. The molecule has 0 bridgehead atoms. The largest absolute Gasteiger partial charge is 0.388 e. The van der Waals surface area contributed by atoms with Gasteiger partial charge in [0.2, 0.25) is 0 Å². The summed E-state index contributed by atoms with van der Waals surface area (Å²) in [4.78, 5) is 18.9. The highest BCUT2D eigenvalue weighted by molar-refractivity contribution is 5.89. The summed E-state index contributed by atoms with van der Waals surface area (Å²) in [6.07, 6.45) is 0.791. The highest BCUT2D eigenvalue weighted by Crippen LogP contribution is 2.19. The number of aldehydes is 1. The van der Waals surface area contributed by atoms with Crippen molar-refractivity contribution in [2.75, 3.05) is 26.1 Å². The number of para-hydroxylation sites is 1. The summed E-state index contributed by atoms with van der Waals surface area (Å²) < 4.78 is 4.25. The van der Waals surface area contributed by atoms with E-state index >= 15 is 0 Å². The molecule has 0 unspecified atom stereocenters. The summed E-state index contributed by atoms with van der Waals surface area (Å²) in [5.74, 6) is 1.21. The van der Waals surface area contributed by atoms with E-state index in [9.17, 15) is 4.79 Å². The zero-order valence-electron chi connectivity index (χ0n) is 13.1. The average molecular weight is 292 g/mol. The fourth-order valence-corrected chi connectivity index (χ4v) is 1.49. The third kappa shape index (κ3) is 6.29. The second-order valence-corrected chi connectivity index (χ2v) is 3.67. The van der Waals surface area contributed by atoms with Crippen LogP contribution >= 0.6 is 0 Å². The van der Waals surface area contributed by atoms with Crippen LogP contribution in [0.2, 0.25) is 0 Å². The van der Waals surface area contributed by atoms with E-state index in [4.69, 9.17) is 5.73 Å². The maximum Gasteiger partial charge on any atom is 0.144 e. The van der Waals surface area contributed by atoms with Crippen LogP contribution in [0.25, 0.3) is 10.9 Å². The van der Waals surface area contributed by atoms with Gasteiger partial charge in [0.05, 0.1) is 18.6 Å². The number of carbonyl (C=O) groups is 1. The second kappa shape index (κ2) is 11.7. The van der Waals surface area contributed by atoms with Crippen LogP contribution in [0.4, 0.5) is 5.82 Å². The van der Waals surface area contributed by atoms with E-state index in [2.05, 4.69) is 20.0 Å². The number of benzene rings is 1. The first kappa shape index (κ1) is 18.9. The van der Waals surface area contributed by atoms with Gasteiger partial charge < -0.3 is 20.6 Å². The van der Waals surface area contributed by atoms with Crippen LogP contribution in [0.3, 0.4) is 0 Å². The molecule has 0 amide bonds. The number of fused-ring (bicyclic) bond motifs is 1. The Morgan fingerprint density at radius 2 is 1.86 bits per heavy atom. The number of aromatic nitrogens is 2. The maximum absolute atomic E-state index is 10.3. The van der Waals surface area contributed by atoms with Gasteiger partial charge in [-0.25, -0.2) is 9.97 Å². The summed E-state index contributed by atoms with van der Waals surface area (Å²) in [5.41, 5.74) is 6.34. The fourth-order valence-electron chi connectivity index (χ4n) is 1.49. The molecule has 0 fully saturated rings. The van der Waals surface area contributed by atoms with E-state index in [0.29, 0.717) is 11.6 Å². The molecule has 0 aliphatic heterocycles. The van der Waals surface area contributed by atoms with Crippen LogP contribution in [-0.4, -0.2) is 37.0 Å². The first-order valence-corrected chi connectivity index (χ1v) is 6.80. The normalized spacial score (nSPS) is 9.00. The molecular formula is C15H24N4O2. The number of methoxy groups -OCH3 is 1. The molecule has 0 atom stereocenters. The number of ether oxygens (including phenoxy) is 1. The minimum absolute atomic E-state index is 0.227. The number of nitrogens with two attached hydrogens (primary N) is 1. The predicted molar refractivity (Wildman–Crippen MR) is 86.3 cm³/mol. The lowest BCUT2D eigenvalue weighted by Gasteiger charge is -2.07. The van der Waals surface area contributed by atoms with E-state index in [1.807, 2.05) is 38.1 Å². The number of hydrogen-bond acceptors (Lipinski definition) is 6. The van der Waals surface area contributed by atoms with Crippen molar-refractivity contribution in [3.05, 3.63) is 30.1 Å². The summed E-state index contributed by atoms with van der Waals surface area (Å²) >= 11 is 0. The van der Waals surface area contributed by atoms with Gasteiger partial charge in [-0.15, -0.1) is 0 Å². The van der Waals surface area contributed by atoms with Gasteiger partial charge in [0.25, 0.3) is 0 Å². The number of rotatable bonds is 4. The highest BCUT2D eigenvalue weighted by atomic mass is 16.4. The first-order valence-electron chi connectivity index (χ1n) is 6.80.